The first-order chi connectivity index (χ1) is 11.9. The molecule has 2 rings (SSSR count). The lowest BCUT2D eigenvalue weighted by Crippen LogP contribution is -2.48. The smallest absolute Gasteiger partial charge is 0.326 e. The van der Waals surface area contributed by atoms with Crippen LogP contribution in [0.4, 0.5) is 5.69 Å². The molecule has 0 aromatic heterocycles. The van der Waals surface area contributed by atoms with E-state index in [0.717, 1.165) is 12.8 Å². The third-order valence-electron chi connectivity index (χ3n) is 4.29. The summed E-state index contributed by atoms with van der Waals surface area (Å²) in [5, 5.41) is 12.1. The Balaban J connectivity index is 2.13. The Kier molecular flexibility index (Phi) is 6.52. The summed E-state index contributed by atoms with van der Waals surface area (Å²) in [7, 11) is 1.53. The van der Waals surface area contributed by atoms with Gasteiger partial charge in [0.1, 0.15) is 6.04 Å². The van der Waals surface area contributed by atoms with Gasteiger partial charge in [-0.25, -0.2) is 4.79 Å². The summed E-state index contributed by atoms with van der Waals surface area (Å²) >= 11 is 0. The zero-order valence-corrected chi connectivity index (χ0v) is 14.5. The van der Waals surface area contributed by atoms with Gasteiger partial charge in [-0.15, -0.1) is 0 Å². The monoisotopic (exact) mass is 348 g/mol. The number of carboxylic acids is 1. The molecule has 0 bridgehead atoms. The quantitative estimate of drug-likeness (QED) is 0.819. The van der Waals surface area contributed by atoms with Crippen molar-refractivity contribution in [2.45, 2.75) is 32.2 Å². The van der Waals surface area contributed by atoms with Crippen molar-refractivity contribution in [1.29, 1.82) is 0 Å². The van der Waals surface area contributed by atoms with Crippen LogP contribution in [0.25, 0.3) is 0 Å². The molecule has 0 aliphatic carbocycles. The molecule has 1 aliphatic rings. The standard InChI is InChI=1S/C18H24N2O5/c1-12(11-25-2)16(21)19-14-7-5-6-13(10-14)17(22)20-9-4-3-8-15(20)18(23)24/h5-7,10,12,15H,3-4,8-9,11H2,1-2H3,(H,19,21)(H,23,24). The first-order valence-corrected chi connectivity index (χ1v) is 8.37. The highest BCUT2D eigenvalue weighted by Gasteiger charge is 2.32. The molecule has 1 heterocycles. The van der Waals surface area contributed by atoms with E-state index in [-0.39, 0.29) is 17.7 Å². The van der Waals surface area contributed by atoms with E-state index in [9.17, 15) is 19.5 Å². The third-order valence-corrected chi connectivity index (χ3v) is 4.29. The number of carbonyl (C=O) groups is 3. The van der Waals surface area contributed by atoms with Crippen LogP contribution in [0.5, 0.6) is 0 Å². The molecule has 2 N–H and O–H groups in total. The fraction of sp³-hybridized carbons (Fsp3) is 0.500. The fourth-order valence-electron chi connectivity index (χ4n) is 2.92. The summed E-state index contributed by atoms with van der Waals surface area (Å²) in [6.45, 7) is 2.48. The zero-order valence-electron chi connectivity index (χ0n) is 14.5. The van der Waals surface area contributed by atoms with E-state index in [1.165, 1.54) is 12.0 Å². The maximum Gasteiger partial charge on any atom is 0.326 e. The second-order valence-electron chi connectivity index (χ2n) is 6.27. The first kappa shape index (κ1) is 18.9. The summed E-state index contributed by atoms with van der Waals surface area (Å²) in [4.78, 5) is 37.6. The van der Waals surface area contributed by atoms with Gasteiger partial charge < -0.3 is 20.1 Å². The fourth-order valence-corrected chi connectivity index (χ4v) is 2.92. The number of anilines is 1. The molecular weight excluding hydrogens is 324 g/mol. The Morgan fingerprint density at radius 1 is 1.36 bits per heavy atom. The molecule has 2 unspecified atom stereocenters. The van der Waals surface area contributed by atoms with Crippen molar-refractivity contribution in [3.05, 3.63) is 29.8 Å². The van der Waals surface area contributed by atoms with Crippen LogP contribution in [-0.2, 0) is 14.3 Å². The van der Waals surface area contributed by atoms with Crippen molar-refractivity contribution < 1.29 is 24.2 Å². The van der Waals surface area contributed by atoms with E-state index in [1.807, 2.05) is 0 Å². The van der Waals surface area contributed by atoms with Gasteiger partial charge in [-0.2, -0.15) is 0 Å². The molecular formula is C18H24N2O5. The van der Waals surface area contributed by atoms with E-state index in [2.05, 4.69) is 5.32 Å². The number of methoxy groups -OCH3 is 1. The molecule has 0 radical (unpaired) electrons. The lowest BCUT2D eigenvalue weighted by molar-refractivity contribution is -0.143. The van der Waals surface area contributed by atoms with Gasteiger partial charge >= 0.3 is 5.97 Å². The number of rotatable bonds is 6. The Bertz CT molecular complexity index is 646. The number of nitrogens with one attached hydrogen (secondary N) is 1. The van der Waals surface area contributed by atoms with E-state index < -0.39 is 12.0 Å². The topological polar surface area (TPSA) is 95.9 Å². The number of hydrogen-bond donors (Lipinski definition) is 2. The number of hydrogen-bond acceptors (Lipinski definition) is 4. The highest BCUT2D eigenvalue weighted by Crippen LogP contribution is 2.21. The molecule has 1 aromatic carbocycles. The lowest BCUT2D eigenvalue weighted by Gasteiger charge is -2.33. The van der Waals surface area contributed by atoms with Gasteiger partial charge in [0, 0.05) is 24.9 Å². The number of likely N-dealkylation sites (tertiary alicyclic amines) is 1. The molecule has 136 valence electrons. The van der Waals surface area contributed by atoms with E-state index in [4.69, 9.17) is 4.74 Å². The summed E-state index contributed by atoms with van der Waals surface area (Å²) in [5.41, 5.74) is 0.869. The van der Waals surface area contributed by atoms with Gasteiger partial charge in [-0.1, -0.05) is 13.0 Å². The zero-order chi connectivity index (χ0) is 18.4. The summed E-state index contributed by atoms with van der Waals surface area (Å²) in [6.07, 6.45) is 2.06. The molecule has 25 heavy (non-hydrogen) atoms. The van der Waals surface area contributed by atoms with Crippen molar-refractivity contribution in [3.8, 4) is 0 Å². The van der Waals surface area contributed by atoms with Crippen LogP contribution in [0.1, 0.15) is 36.5 Å². The van der Waals surface area contributed by atoms with Crippen LogP contribution in [-0.4, -0.2) is 54.1 Å². The van der Waals surface area contributed by atoms with E-state index >= 15 is 0 Å². The predicted octanol–water partition coefficient (Wildman–Crippen LogP) is 1.99. The minimum Gasteiger partial charge on any atom is -0.480 e. The highest BCUT2D eigenvalue weighted by molar-refractivity contribution is 5.99. The first-order valence-electron chi connectivity index (χ1n) is 8.37. The average molecular weight is 348 g/mol. The molecule has 1 aliphatic heterocycles. The van der Waals surface area contributed by atoms with Crippen LogP contribution in [0, 0.1) is 5.92 Å². The van der Waals surface area contributed by atoms with Crippen LogP contribution >= 0.6 is 0 Å². The Morgan fingerprint density at radius 3 is 2.80 bits per heavy atom. The van der Waals surface area contributed by atoms with Crippen LogP contribution < -0.4 is 5.32 Å². The second-order valence-corrected chi connectivity index (χ2v) is 6.27. The van der Waals surface area contributed by atoms with E-state index in [1.54, 1.807) is 31.2 Å². The summed E-state index contributed by atoms with van der Waals surface area (Å²) in [5.74, 6) is -1.82. The van der Waals surface area contributed by atoms with Gasteiger partial charge in [-0.05, 0) is 37.5 Å². The SMILES string of the molecule is COCC(C)C(=O)Nc1cccc(C(=O)N2CCCCC2C(=O)O)c1. The van der Waals surface area contributed by atoms with Crippen LogP contribution in [0.2, 0.25) is 0 Å². The normalized spacial score (nSPS) is 18.5. The lowest BCUT2D eigenvalue weighted by atomic mass is 10.0. The van der Waals surface area contributed by atoms with Gasteiger partial charge in [0.2, 0.25) is 5.91 Å². The second kappa shape index (κ2) is 8.62. The Labute approximate surface area is 147 Å². The molecule has 0 spiro atoms. The van der Waals surface area contributed by atoms with Crippen molar-refractivity contribution in [3.63, 3.8) is 0 Å². The molecule has 7 heteroatoms. The molecule has 1 saturated heterocycles. The van der Waals surface area contributed by atoms with Crippen molar-refractivity contribution in [2.75, 3.05) is 25.6 Å². The van der Waals surface area contributed by atoms with E-state index in [0.29, 0.717) is 30.8 Å². The number of carboxylic acid groups (broad SMARTS) is 1. The number of benzene rings is 1. The minimum atomic E-state index is -0.981. The molecule has 1 fully saturated rings. The maximum atomic E-state index is 12.7. The summed E-state index contributed by atoms with van der Waals surface area (Å²) < 4.78 is 4.96. The molecule has 0 saturated carbocycles. The van der Waals surface area contributed by atoms with Crippen LogP contribution in [0.3, 0.4) is 0 Å². The number of amides is 2. The van der Waals surface area contributed by atoms with Crippen molar-refractivity contribution >= 4 is 23.5 Å². The molecule has 7 nitrogen and oxygen atoms in total. The Morgan fingerprint density at radius 2 is 2.12 bits per heavy atom. The molecule has 2 amide bonds. The maximum absolute atomic E-state index is 12.7. The number of nitrogens with zero attached hydrogens (tertiary/aromatic N) is 1. The largest absolute Gasteiger partial charge is 0.480 e. The molecule has 1 aromatic rings. The Hall–Kier alpha value is -2.41. The third kappa shape index (κ3) is 4.79. The van der Waals surface area contributed by atoms with Gasteiger partial charge in [0.05, 0.1) is 12.5 Å². The number of ether oxygens (including phenoxy) is 1. The molecule has 2 atom stereocenters. The van der Waals surface area contributed by atoms with Gasteiger partial charge in [0.15, 0.2) is 0 Å². The average Bonchev–Trinajstić information content (AvgIpc) is 2.61. The summed E-state index contributed by atoms with van der Waals surface area (Å²) in [6, 6.07) is 5.78. The minimum absolute atomic E-state index is 0.201. The number of carbonyl (C=O) groups excluding carboxylic acids is 2. The highest BCUT2D eigenvalue weighted by atomic mass is 16.5. The number of aliphatic carboxylic acids is 1. The van der Waals surface area contributed by atoms with Gasteiger partial charge in [0.25, 0.3) is 5.91 Å². The van der Waals surface area contributed by atoms with Crippen LogP contribution in [0.15, 0.2) is 24.3 Å². The van der Waals surface area contributed by atoms with Crippen molar-refractivity contribution in [1.82, 2.24) is 4.90 Å². The number of piperidine rings is 1. The van der Waals surface area contributed by atoms with Gasteiger partial charge in [-0.3, -0.25) is 9.59 Å². The van der Waals surface area contributed by atoms with Crippen molar-refractivity contribution in [2.24, 2.45) is 5.92 Å². The predicted molar refractivity (Wildman–Crippen MR) is 92.4 cm³/mol.